The molecule has 4 bridgehead atoms. The fourth-order valence-corrected chi connectivity index (χ4v) is 3.34. The summed E-state index contributed by atoms with van der Waals surface area (Å²) in [6, 6.07) is 0. The van der Waals surface area contributed by atoms with Gasteiger partial charge in [0.2, 0.25) is 0 Å². The number of hydrogen-bond donors (Lipinski definition) is 0. The van der Waals surface area contributed by atoms with E-state index < -0.39 is 0 Å². The quantitative estimate of drug-likeness (QED) is 0.557. The van der Waals surface area contributed by atoms with Gasteiger partial charge in [0.25, 0.3) is 0 Å². The molecule has 4 aliphatic rings. The van der Waals surface area contributed by atoms with Gasteiger partial charge in [-0.25, -0.2) is 0 Å². The Kier molecular flexibility index (Phi) is 2.80. The van der Waals surface area contributed by atoms with Crippen LogP contribution in [0.5, 0.6) is 0 Å². The normalized spacial score (nSPS) is 43.7. The predicted octanol–water partition coefficient (Wildman–Crippen LogP) is 2.76. The van der Waals surface area contributed by atoms with Crippen molar-refractivity contribution in [3.63, 3.8) is 0 Å². The Bertz CT molecular complexity index is 210. The van der Waals surface area contributed by atoms with Gasteiger partial charge in [0.1, 0.15) is 6.10 Å². The zero-order chi connectivity index (χ0) is 10.1. The van der Waals surface area contributed by atoms with Gasteiger partial charge in [0.05, 0.1) is 5.92 Å². The highest BCUT2D eigenvalue weighted by molar-refractivity contribution is 5.73. The Morgan fingerprint density at radius 1 is 1.00 bits per heavy atom. The van der Waals surface area contributed by atoms with Gasteiger partial charge in [0.15, 0.2) is 0 Å². The van der Waals surface area contributed by atoms with E-state index in [2.05, 4.69) is 0 Å². The second kappa shape index (κ2) is 3.92. The maximum absolute atomic E-state index is 11.4. The molecule has 2 heteroatoms. The van der Waals surface area contributed by atoms with Gasteiger partial charge < -0.3 is 4.74 Å². The maximum Gasteiger partial charge on any atom is 0.309 e. The molecule has 2 aliphatic heterocycles. The van der Waals surface area contributed by atoms with E-state index in [1.807, 2.05) is 13.8 Å². The summed E-state index contributed by atoms with van der Waals surface area (Å²) in [5.41, 5.74) is 0. The first-order valence-electron chi connectivity index (χ1n) is 6.02. The molecule has 80 valence electrons. The van der Waals surface area contributed by atoms with E-state index in [0.29, 0.717) is 0 Å². The summed E-state index contributed by atoms with van der Waals surface area (Å²) in [7, 11) is 0. The van der Waals surface area contributed by atoms with Crippen molar-refractivity contribution in [2.24, 2.45) is 17.8 Å². The second-order valence-electron chi connectivity index (χ2n) is 4.67. The number of fused-ring (bicyclic) bond motifs is 1. The highest BCUT2D eigenvalue weighted by atomic mass is 16.5. The number of carbonyl (C=O) groups excluding carboxylic acids is 1. The molecule has 14 heavy (non-hydrogen) atoms. The van der Waals surface area contributed by atoms with Crippen LogP contribution in [0.1, 0.15) is 46.0 Å². The van der Waals surface area contributed by atoms with Crippen LogP contribution in [0.4, 0.5) is 0 Å². The zero-order valence-electron chi connectivity index (χ0n) is 9.16. The lowest BCUT2D eigenvalue weighted by Gasteiger charge is -2.35. The summed E-state index contributed by atoms with van der Waals surface area (Å²) in [5.74, 6) is 1.98. The summed E-state index contributed by atoms with van der Waals surface area (Å²) in [5, 5.41) is 0. The summed E-state index contributed by atoms with van der Waals surface area (Å²) in [6.45, 7) is 4.00. The third-order valence-electron chi connectivity index (χ3n) is 3.71. The largest absolute Gasteiger partial charge is 0.462 e. The fraction of sp³-hybridized carbons (Fsp3) is 0.917. The van der Waals surface area contributed by atoms with Crippen molar-refractivity contribution in [2.75, 3.05) is 0 Å². The molecule has 0 aromatic carbocycles. The SMILES string of the molecule is CC.O=C1OC2CC3CC(C2)CC1C3. The van der Waals surface area contributed by atoms with Gasteiger partial charge >= 0.3 is 5.97 Å². The van der Waals surface area contributed by atoms with Crippen molar-refractivity contribution < 1.29 is 9.53 Å². The van der Waals surface area contributed by atoms with Crippen LogP contribution in [0.3, 0.4) is 0 Å². The number of carbonyl (C=O) groups is 1. The molecule has 0 spiro atoms. The van der Waals surface area contributed by atoms with Crippen molar-refractivity contribution in [3.05, 3.63) is 0 Å². The lowest BCUT2D eigenvalue weighted by molar-refractivity contribution is -0.151. The predicted molar refractivity (Wildman–Crippen MR) is 54.8 cm³/mol. The number of hydrogen-bond acceptors (Lipinski definition) is 2. The molecule has 2 saturated carbocycles. The van der Waals surface area contributed by atoms with Crippen LogP contribution in [-0.2, 0) is 9.53 Å². The van der Waals surface area contributed by atoms with Crippen LogP contribution in [0.15, 0.2) is 0 Å². The van der Waals surface area contributed by atoms with E-state index in [9.17, 15) is 4.79 Å². The Labute approximate surface area is 86.0 Å². The minimum absolute atomic E-state index is 0.102. The first-order valence-corrected chi connectivity index (χ1v) is 6.02. The van der Waals surface area contributed by atoms with Crippen molar-refractivity contribution in [2.45, 2.75) is 52.1 Å². The lowest BCUT2D eigenvalue weighted by atomic mass is 9.68. The molecule has 2 atom stereocenters. The van der Waals surface area contributed by atoms with Crippen LogP contribution >= 0.6 is 0 Å². The Morgan fingerprint density at radius 3 is 2.14 bits per heavy atom. The van der Waals surface area contributed by atoms with Gasteiger partial charge in [-0.2, -0.15) is 0 Å². The molecule has 0 amide bonds. The van der Waals surface area contributed by atoms with Gasteiger partial charge in [-0.1, -0.05) is 13.8 Å². The Balaban J connectivity index is 0.000000354. The highest BCUT2D eigenvalue weighted by Gasteiger charge is 2.44. The monoisotopic (exact) mass is 196 g/mol. The smallest absolute Gasteiger partial charge is 0.309 e. The molecule has 0 aromatic heterocycles. The average Bonchev–Trinajstić information content (AvgIpc) is 2.34. The van der Waals surface area contributed by atoms with E-state index in [4.69, 9.17) is 4.74 Å². The minimum Gasteiger partial charge on any atom is -0.462 e. The van der Waals surface area contributed by atoms with Crippen molar-refractivity contribution >= 4 is 5.97 Å². The summed E-state index contributed by atoms with van der Waals surface area (Å²) < 4.78 is 5.40. The molecule has 2 nitrogen and oxygen atoms in total. The molecule has 2 aliphatic carbocycles. The summed E-state index contributed by atoms with van der Waals surface area (Å²) in [6.07, 6.45) is 6.19. The van der Waals surface area contributed by atoms with Crippen LogP contribution in [0.25, 0.3) is 0 Å². The number of rotatable bonds is 0. The molecule has 0 radical (unpaired) electrons. The van der Waals surface area contributed by atoms with Crippen molar-refractivity contribution in [1.82, 2.24) is 0 Å². The zero-order valence-corrected chi connectivity index (χ0v) is 9.16. The van der Waals surface area contributed by atoms with E-state index in [1.165, 1.54) is 6.42 Å². The third kappa shape index (κ3) is 1.67. The summed E-state index contributed by atoms with van der Waals surface area (Å²) in [4.78, 5) is 11.4. The molecular formula is C12H20O2. The van der Waals surface area contributed by atoms with Crippen LogP contribution in [0, 0.1) is 17.8 Å². The lowest BCUT2D eigenvalue weighted by Crippen LogP contribution is -2.29. The minimum atomic E-state index is 0.102. The van der Waals surface area contributed by atoms with E-state index >= 15 is 0 Å². The Hall–Kier alpha value is -0.530. The molecule has 0 aromatic rings. The van der Waals surface area contributed by atoms with Crippen molar-refractivity contribution in [3.8, 4) is 0 Å². The first kappa shape index (κ1) is 10.0. The van der Waals surface area contributed by atoms with Crippen LogP contribution in [-0.4, -0.2) is 12.1 Å². The average molecular weight is 196 g/mol. The maximum atomic E-state index is 11.4. The molecular weight excluding hydrogens is 176 g/mol. The fourth-order valence-electron chi connectivity index (χ4n) is 3.34. The molecule has 2 saturated heterocycles. The topological polar surface area (TPSA) is 26.3 Å². The number of ether oxygens (including phenoxy) is 1. The third-order valence-corrected chi connectivity index (χ3v) is 3.71. The van der Waals surface area contributed by atoms with Crippen molar-refractivity contribution in [1.29, 1.82) is 0 Å². The van der Waals surface area contributed by atoms with Gasteiger partial charge in [0, 0.05) is 0 Å². The van der Waals surface area contributed by atoms with Crippen LogP contribution in [0.2, 0.25) is 0 Å². The van der Waals surface area contributed by atoms with Gasteiger partial charge in [-0.15, -0.1) is 0 Å². The molecule has 2 unspecified atom stereocenters. The van der Waals surface area contributed by atoms with Gasteiger partial charge in [-0.3, -0.25) is 4.79 Å². The van der Waals surface area contributed by atoms with E-state index in [1.54, 1.807) is 0 Å². The highest BCUT2D eigenvalue weighted by Crippen LogP contribution is 2.46. The summed E-state index contributed by atoms with van der Waals surface area (Å²) >= 11 is 0. The molecule has 4 rings (SSSR count). The van der Waals surface area contributed by atoms with E-state index in [0.717, 1.165) is 37.5 Å². The Morgan fingerprint density at radius 2 is 1.57 bits per heavy atom. The van der Waals surface area contributed by atoms with Crippen LogP contribution < -0.4 is 0 Å². The first-order chi connectivity index (χ1) is 6.81. The molecule has 0 N–H and O–H groups in total. The second-order valence-corrected chi connectivity index (χ2v) is 4.67. The number of esters is 1. The standard InChI is InChI=1S/C10H14O2.C2H6/c11-10-8-2-6-1-7(3-8)5-9(4-6)12-10;1-2/h6-9H,1-5H2;1-2H3. The van der Waals surface area contributed by atoms with E-state index in [-0.39, 0.29) is 18.0 Å². The molecule has 2 heterocycles. The van der Waals surface area contributed by atoms with Gasteiger partial charge in [-0.05, 0) is 43.9 Å². The molecule has 4 fully saturated rings.